The monoisotopic (exact) mass is 520 g/mol. The summed E-state index contributed by atoms with van der Waals surface area (Å²) >= 11 is 47.3. The van der Waals surface area contributed by atoms with Crippen LogP contribution in [0.4, 0.5) is 0 Å². The first kappa shape index (κ1) is 15.9. The third kappa shape index (κ3) is 1.32. The molecular weight excluding hydrogens is 517 g/mol. The minimum atomic E-state index is -1.40. The third-order valence-corrected chi connectivity index (χ3v) is 13.1. The molecule has 20 heavy (non-hydrogen) atoms. The van der Waals surface area contributed by atoms with Gasteiger partial charge in [-0.1, -0.05) is 78.3 Å². The maximum absolute atomic E-state index is 6.87. The first-order valence-corrected chi connectivity index (χ1v) is 10.3. The summed E-state index contributed by atoms with van der Waals surface area (Å²) in [6, 6.07) is 0. The Bertz CT molecular complexity index is 506. The molecule has 4 rings (SSSR count). The van der Waals surface area contributed by atoms with Crippen molar-refractivity contribution in [3.8, 4) is 0 Å². The van der Waals surface area contributed by atoms with E-state index in [0.717, 1.165) is 6.42 Å². The molecule has 8 heteroatoms. The lowest BCUT2D eigenvalue weighted by molar-refractivity contribution is 0.233. The Hall–Kier alpha value is 2.44. The predicted octanol–water partition coefficient (Wildman–Crippen LogP) is 6.24. The molecule has 0 heterocycles. The van der Waals surface area contributed by atoms with Crippen LogP contribution in [0.25, 0.3) is 0 Å². The highest BCUT2D eigenvalue weighted by atomic mass is 79.9. The lowest BCUT2D eigenvalue weighted by atomic mass is 9.72. The number of allylic oxidation sites excluding steroid dienone is 2. The average molecular weight is 525 g/mol. The molecule has 8 atom stereocenters. The van der Waals surface area contributed by atoms with Crippen molar-refractivity contribution in [2.45, 2.75) is 30.2 Å². The zero-order valence-electron chi connectivity index (χ0n) is 9.69. The van der Waals surface area contributed by atoms with E-state index in [1.54, 1.807) is 0 Å². The van der Waals surface area contributed by atoms with Crippen LogP contribution in [0.2, 0.25) is 0 Å². The fourth-order valence-corrected chi connectivity index (χ4v) is 9.93. The molecule has 3 saturated carbocycles. The Morgan fingerprint density at radius 1 is 0.800 bits per heavy atom. The summed E-state index contributed by atoms with van der Waals surface area (Å²) in [6.45, 7) is 0. The summed E-state index contributed by atoms with van der Waals surface area (Å²) in [5, 5.41) is 0.640. The van der Waals surface area contributed by atoms with Crippen LogP contribution >= 0.6 is 101 Å². The van der Waals surface area contributed by atoms with Gasteiger partial charge in [0.2, 0.25) is 0 Å². The second-order valence-electron chi connectivity index (χ2n) is 6.13. The smallest absolute Gasteiger partial charge is 0.109 e. The minimum Gasteiger partial charge on any atom is -0.109 e. The quantitative estimate of drug-likeness (QED) is 0.260. The lowest BCUT2D eigenvalue weighted by Gasteiger charge is -2.43. The molecule has 0 aromatic rings. The zero-order chi connectivity index (χ0) is 14.8. The van der Waals surface area contributed by atoms with E-state index < -0.39 is 14.1 Å². The van der Waals surface area contributed by atoms with Crippen LogP contribution in [-0.2, 0) is 0 Å². The van der Waals surface area contributed by atoms with Crippen LogP contribution < -0.4 is 0 Å². The molecule has 0 amide bonds. The molecule has 4 aliphatic rings. The van der Waals surface area contributed by atoms with E-state index >= 15 is 0 Å². The molecule has 0 radical (unpaired) electrons. The summed E-state index contributed by atoms with van der Waals surface area (Å²) in [7, 11) is 0. The first-order chi connectivity index (χ1) is 9.11. The summed E-state index contributed by atoms with van der Waals surface area (Å²) in [6.07, 6.45) is 1.03. The van der Waals surface area contributed by atoms with Crippen LogP contribution in [0.5, 0.6) is 0 Å². The molecule has 0 saturated heterocycles. The zero-order valence-corrected chi connectivity index (χ0v) is 17.4. The van der Waals surface area contributed by atoms with E-state index in [2.05, 4.69) is 31.9 Å². The Morgan fingerprint density at radius 3 is 1.50 bits per heavy atom. The molecule has 112 valence electrons. The van der Waals surface area contributed by atoms with Crippen LogP contribution in [0.3, 0.4) is 0 Å². The molecular formula is C12H8Br2Cl6. The summed E-state index contributed by atoms with van der Waals surface area (Å²) in [4.78, 5) is -1.56. The SMILES string of the molecule is ClC1=C(Cl)[C@@]2(Cl)[C@@H]3[C@H]4C[C@H]([C@@H](Br)[C@H]4Br)[C@H]3[C@@]1(Cl)C2(Cl)Cl. The fourth-order valence-electron chi connectivity index (χ4n) is 4.92. The maximum atomic E-state index is 6.87. The van der Waals surface area contributed by atoms with Crippen molar-refractivity contribution < 1.29 is 0 Å². The molecule has 0 aromatic heterocycles. The summed E-state index contributed by atoms with van der Waals surface area (Å²) in [5.41, 5.74) is 0. The minimum absolute atomic E-state index is 0.0369. The lowest BCUT2D eigenvalue weighted by Crippen LogP contribution is -2.46. The van der Waals surface area contributed by atoms with E-state index in [-0.39, 0.29) is 11.8 Å². The number of fused-ring (bicyclic) bond motifs is 9. The maximum Gasteiger partial charge on any atom is 0.166 e. The summed E-state index contributed by atoms with van der Waals surface area (Å²) in [5.74, 6) is 0.746. The third-order valence-electron chi connectivity index (χ3n) is 5.64. The second-order valence-corrected chi connectivity index (χ2v) is 11.5. The van der Waals surface area contributed by atoms with Crippen molar-refractivity contribution in [3.05, 3.63) is 10.1 Å². The predicted molar refractivity (Wildman–Crippen MR) is 94.3 cm³/mol. The molecule has 3 fully saturated rings. The second kappa shape index (κ2) is 4.34. The summed E-state index contributed by atoms with van der Waals surface area (Å²) < 4.78 is -1.40. The van der Waals surface area contributed by atoms with E-state index in [4.69, 9.17) is 69.6 Å². The van der Waals surface area contributed by atoms with Gasteiger partial charge < -0.3 is 0 Å². The molecule has 0 spiro atoms. The molecule has 4 aliphatic carbocycles. The van der Waals surface area contributed by atoms with Crippen molar-refractivity contribution in [1.29, 1.82) is 0 Å². The standard InChI is InChI=1S/C12H8Br2Cl6/c13-6-2-1-3(7(6)14)5-4(2)10(17)8(15)9(16)11(5,18)12(10,19)20/h2-7H,1H2/t2-,3+,4-,5-,6+,7-,10+,11+/m1/s1. The Balaban J connectivity index is 1.98. The topological polar surface area (TPSA) is 0 Å². The van der Waals surface area contributed by atoms with Gasteiger partial charge in [-0.2, -0.15) is 0 Å². The van der Waals surface area contributed by atoms with Crippen molar-refractivity contribution in [3.63, 3.8) is 0 Å². The van der Waals surface area contributed by atoms with E-state index in [9.17, 15) is 0 Å². The number of halogens is 8. The van der Waals surface area contributed by atoms with Gasteiger partial charge in [-0.25, -0.2) is 0 Å². The molecule has 4 bridgehead atoms. The van der Waals surface area contributed by atoms with E-state index in [0.29, 0.717) is 31.6 Å². The highest BCUT2D eigenvalue weighted by molar-refractivity contribution is 9.12. The van der Waals surface area contributed by atoms with Gasteiger partial charge in [0.25, 0.3) is 0 Å². The van der Waals surface area contributed by atoms with Gasteiger partial charge in [0.1, 0.15) is 9.75 Å². The van der Waals surface area contributed by atoms with Gasteiger partial charge in [0.15, 0.2) is 4.33 Å². The number of rotatable bonds is 0. The van der Waals surface area contributed by atoms with Crippen molar-refractivity contribution in [2.75, 3.05) is 0 Å². The van der Waals surface area contributed by atoms with Crippen LogP contribution in [0.15, 0.2) is 10.1 Å². The Labute approximate surface area is 164 Å². The van der Waals surface area contributed by atoms with Gasteiger partial charge in [-0.3, -0.25) is 0 Å². The average Bonchev–Trinajstić information content (AvgIpc) is 2.97. The van der Waals surface area contributed by atoms with Crippen LogP contribution in [0, 0.1) is 23.7 Å². The molecule has 0 N–H and O–H groups in total. The van der Waals surface area contributed by atoms with Crippen molar-refractivity contribution >= 4 is 101 Å². The highest BCUT2D eigenvalue weighted by Gasteiger charge is 2.87. The number of hydrogen-bond donors (Lipinski definition) is 0. The molecule has 0 aromatic carbocycles. The van der Waals surface area contributed by atoms with Crippen molar-refractivity contribution in [2.24, 2.45) is 23.7 Å². The van der Waals surface area contributed by atoms with E-state index in [1.807, 2.05) is 0 Å². The van der Waals surface area contributed by atoms with E-state index in [1.165, 1.54) is 0 Å². The van der Waals surface area contributed by atoms with Crippen LogP contribution in [0.1, 0.15) is 6.42 Å². The highest BCUT2D eigenvalue weighted by Crippen LogP contribution is 2.83. The Kier molecular flexibility index (Phi) is 3.46. The van der Waals surface area contributed by atoms with Gasteiger partial charge >= 0.3 is 0 Å². The van der Waals surface area contributed by atoms with Crippen molar-refractivity contribution in [1.82, 2.24) is 0 Å². The van der Waals surface area contributed by atoms with Gasteiger partial charge in [-0.05, 0) is 30.1 Å². The molecule has 0 unspecified atom stereocenters. The fraction of sp³-hybridized carbons (Fsp3) is 0.833. The first-order valence-electron chi connectivity index (χ1n) is 6.21. The Morgan fingerprint density at radius 2 is 1.15 bits per heavy atom. The van der Waals surface area contributed by atoms with Crippen LogP contribution in [-0.4, -0.2) is 23.7 Å². The molecule has 0 aliphatic heterocycles. The largest absolute Gasteiger partial charge is 0.166 e. The number of hydrogen-bond acceptors (Lipinski definition) is 0. The normalized spacial score (nSPS) is 62.4. The molecule has 0 nitrogen and oxygen atoms in total. The number of alkyl halides is 6. The van der Waals surface area contributed by atoms with Gasteiger partial charge in [0.05, 0.1) is 10.1 Å². The van der Waals surface area contributed by atoms with Gasteiger partial charge in [0, 0.05) is 9.65 Å². The van der Waals surface area contributed by atoms with Gasteiger partial charge in [-0.15, -0.1) is 23.2 Å².